The number of aromatic nitrogens is 2. The highest BCUT2D eigenvalue weighted by Crippen LogP contribution is 2.17. The van der Waals surface area contributed by atoms with Crippen molar-refractivity contribution in [2.75, 3.05) is 25.0 Å². The lowest BCUT2D eigenvalue weighted by Gasteiger charge is -2.14. The molecule has 0 saturated heterocycles. The molecule has 2 aromatic rings. The van der Waals surface area contributed by atoms with Crippen molar-refractivity contribution < 1.29 is 18.7 Å². The fraction of sp³-hybridized carbons (Fsp3) is 0.267. The Morgan fingerprint density at radius 2 is 1.92 bits per heavy atom. The molecular weight excluding hydrogens is 320 g/mol. The fourth-order valence-corrected chi connectivity index (χ4v) is 1.87. The molecular formula is C15H17F2N5O2. The van der Waals surface area contributed by atoms with E-state index in [9.17, 15) is 18.7 Å². The third-order valence-electron chi connectivity index (χ3n) is 3.04. The highest BCUT2D eigenvalue weighted by Gasteiger charge is 2.14. The highest BCUT2D eigenvalue weighted by molar-refractivity contribution is 5.73. The molecule has 0 radical (unpaired) electrons. The minimum Gasteiger partial charge on any atom is -0.386 e. The Morgan fingerprint density at radius 1 is 1.17 bits per heavy atom. The van der Waals surface area contributed by atoms with Gasteiger partial charge in [-0.05, 0) is 12.1 Å². The summed E-state index contributed by atoms with van der Waals surface area (Å²) >= 11 is 0. The third-order valence-corrected chi connectivity index (χ3v) is 3.04. The molecule has 1 aromatic heterocycles. The molecule has 0 unspecified atom stereocenters. The van der Waals surface area contributed by atoms with E-state index in [-0.39, 0.29) is 12.1 Å². The first-order valence-corrected chi connectivity index (χ1v) is 7.22. The number of halogens is 2. The van der Waals surface area contributed by atoms with Crippen LogP contribution in [0.15, 0.2) is 36.7 Å². The molecule has 0 aliphatic carbocycles. The summed E-state index contributed by atoms with van der Waals surface area (Å²) in [4.78, 5) is 19.5. The van der Waals surface area contributed by atoms with Gasteiger partial charge in [0.2, 0.25) is 5.95 Å². The average molecular weight is 337 g/mol. The zero-order valence-corrected chi connectivity index (χ0v) is 12.7. The van der Waals surface area contributed by atoms with Crippen LogP contribution in [0.4, 0.5) is 19.5 Å². The van der Waals surface area contributed by atoms with Crippen molar-refractivity contribution >= 4 is 12.0 Å². The molecule has 4 N–H and O–H groups in total. The molecule has 0 saturated carbocycles. The van der Waals surface area contributed by atoms with Gasteiger partial charge in [0.25, 0.3) is 0 Å². The van der Waals surface area contributed by atoms with Gasteiger partial charge in [0.1, 0.15) is 11.6 Å². The second kappa shape index (κ2) is 8.73. The Morgan fingerprint density at radius 3 is 2.62 bits per heavy atom. The van der Waals surface area contributed by atoms with E-state index in [2.05, 4.69) is 25.9 Å². The summed E-state index contributed by atoms with van der Waals surface area (Å²) in [5, 5.41) is 17.7. The molecule has 1 aromatic carbocycles. The third kappa shape index (κ3) is 5.43. The Kier molecular flexibility index (Phi) is 6.38. The number of urea groups is 1. The minimum atomic E-state index is -1.27. The van der Waals surface area contributed by atoms with Crippen molar-refractivity contribution in [3.63, 3.8) is 0 Å². The van der Waals surface area contributed by atoms with Gasteiger partial charge in [-0.25, -0.2) is 23.5 Å². The first-order chi connectivity index (χ1) is 11.6. The van der Waals surface area contributed by atoms with E-state index in [4.69, 9.17) is 0 Å². The highest BCUT2D eigenvalue weighted by atomic mass is 19.1. The molecule has 0 aliphatic rings. The largest absolute Gasteiger partial charge is 0.386 e. The van der Waals surface area contributed by atoms with Gasteiger partial charge in [-0.3, -0.25) is 0 Å². The Hall–Kier alpha value is -2.81. The minimum absolute atomic E-state index is 0.0837. The van der Waals surface area contributed by atoms with Crippen LogP contribution in [-0.2, 0) is 0 Å². The predicted molar refractivity (Wildman–Crippen MR) is 83.2 cm³/mol. The van der Waals surface area contributed by atoms with Crippen molar-refractivity contribution in [3.8, 4) is 0 Å². The number of aliphatic hydroxyl groups excluding tert-OH is 1. The van der Waals surface area contributed by atoms with E-state index >= 15 is 0 Å². The van der Waals surface area contributed by atoms with Gasteiger partial charge in [0.05, 0.1) is 6.10 Å². The number of nitrogens with zero attached hydrogens (tertiary/aromatic N) is 2. The van der Waals surface area contributed by atoms with E-state index in [0.29, 0.717) is 25.1 Å². The summed E-state index contributed by atoms with van der Waals surface area (Å²) in [6.45, 7) is 0.501. The van der Waals surface area contributed by atoms with Crippen molar-refractivity contribution in [2.24, 2.45) is 0 Å². The molecule has 9 heteroatoms. The number of hydrogen-bond acceptors (Lipinski definition) is 5. The van der Waals surface area contributed by atoms with Gasteiger partial charge >= 0.3 is 6.03 Å². The second-order valence-corrected chi connectivity index (χ2v) is 4.82. The predicted octanol–water partition coefficient (Wildman–Crippen LogP) is 1.20. The van der Waals surface area contributed by atoms with Crippen LogP contribution in [0.5, 0.6) is 0 Å². The SMILES string of the molecule is O=C(NCCNc1ncccn1)NC[C@@H](O)c1ccc(F)cc1F. The zero-order chi connectivity index (χ0) is 17.4. The van der Waals surface area contributed by atoms with E-state index < -0.39 is 23.8 Å². The van der Waals surface area contributed by atoms with Crippen LogP contribution in [0, 0.1) is 11.6 Å². The maximum Gasteiger partial charge on any atom is 0.314 e. The topological polar surface area (TPSA) is 99.2 Å². The number of nitrogens with one attached hydrogen (secondary N) is 3. The molecule has 0 bridgehead atoms. The average Bonchev–Trinajstić information content (AvgIpc) is 2.57. The number of rotatable bonds is 7. The van der Waals surface area contributed by atoms with Crippen LogP contribution in [0.2, 0.25) is 0 Å². The molecule has 1 heterocycles. The first-order valence-electron chi connectivity index (χ1n) is 7.22. The number of anilines is 1. The monoisotopic (exact) mass is 337 g/mol. The number of carbonyl (C=O) groups excluding carboxylic acids is 1. The van der Waals surface area contributed by atoms with Crippen LogP contribution in [0.25, 0.3) is 0 Å². The van der Waals surface area contributed by atoms with E-state index in [1.165, 1.54) is 0 Å². The van der Waals surface area contributed by atoms with E-state index in [1.54, 1.807) is 18.5 Å². The maximum atomic E-state index is 13.5. The molecule has 24 heavy (non-hydrogen) atoms. The summed E-state index contributed by atoms with van der Waals surface area (Å²) in [5.41, 5.74) is -0.0837. The van der Waals surface area contributed by atoms with Crippen LogP contribution in [0.1, 0.15) is 11.7 Å². The molecule has 7 nitrogen and oxygen atoms in total. The number of hydrogen-bond donors (Lipinski definition) is 4. The van der Waals surface area contributed by atoms with Crippen molar-refractivity contribution in [3.05, 3.63) is 53.9 Å². The van der Waals surface area contributed by atoms with Gasteiger partial charge in [-0.2, -0.15) is 0 Å². The van der Waals surface area contributed by atoms with Gasteiger partial charge in [-0.15, -0.1) is 0 Å². The number of carbonyl (C=O) groups is 1. The zero-order valence-electron chi connectivity index (χ0n) is 12.7. The molecule has 0 aliphatic heterocycles. The Bertz CT molecular complexity index is 672. The van der Waals surface area contributed by atoms with Crippen LogP contribution in [-0.4, -0.2) is 40.7 Å². The van der Waals surface area contributed by atoms with Crippen LogP contribution >= 0.6 is 0 Å². The molecule has 2 amide bonds. The van der Waals surface area contributed by atoms with Gasteiger partial charge < -0.3 is 21.1 Å². The normalized spacial score (nSPS) is 11.6. The van der Waals surface area contributed by atoms with E-state index in [1.807, 2.05) is 0 Å². The fourth-order valence-electron chi connectivity index (χ4n) is 1.87. The maximum absolute atomic E-state index is 13.5. The smallest absolute Gasteiger partial charge is 0.314 e. The lowest BCUT2D eigenvalue weighted by molar-refractivity contribution is 0.169. The molecule has 0 fully saturated rings. The molecule has 0 spiro atoms. The van der Waals surface area contributed by atoms with E-state index in [0.717, 1.165) is 12.1 Å². The number of aliphatic hydroxyl groups is 1. The van der Waals surface area contributed by atoms with Crippen molar-refractivity contribution in [1.29, 1.82) is 0 Å². The lowest BCUT2D eigenvalue weighted by atomic mass is 10.1. The number of amides is 2. The second-order valence-electron chi connectivity index (χ2n) is 4.82. The summed E-state index contributed by atoms with van der Waals surface area (Å²) in [7, 11) is 0. The van der Waals surface area contributed by atoms with Gasteiger partial charge in [0.15, 0.2) is 0 Å². The van der Waals surface area contributed by atoms with Crippen molar-refractivity contribution in [1.82, 2.24) is 20.6 Å². The Balaban J connectivity index is 1.67. The van der Waals surface area contributed by atoms with Crippen LogP contribution < -0.4 is 16.0 Å². The molecule has 1 atom stereocenters. The number of benzene rings is 1. The first kappa shape index (κ1) is 17.5. The summed E-state index contributed by atoms with van der Waals surface area (Å²) in [6.07, 6.45) is 1.91. The molecule has 128 valence electrons. The standard InChI is InChI=1S/C15H17F2N5O2/c16-10-2-3-11(12(17)8-10)13(23)9-22-15(24)21-7-6-20-14-18-4-1-5-19-14/h1-5,8,13,23H,6-7,9H2,(H,18,19,20)(H2,21,22,24)/t13-/m1/s1. The van der Waals surface area contributed by atoms with Crippen LogP contribution in [0.3, 0.4) is 0 Å². The molecule has 2 rings (SSSR count). The Labute approximate surface area is 137 Å². The quantitative estimate of drug-likeness (QED) is 0.569. The summed E-state index contributed by atoms with van der Waals surface area (Å²) in [6, 6.07) is 4.02. The summed E-state index contributed by atoms with van der Waals surface area (Å²) in [5.74, 6) is -1.15. The van der Waals surface area contributed by atoms with Gasteiger partial charge in [-0.1, -0.05) is 6.07 Å². The van der Waals surface area contributed by atoms with Crippen molar-refractivity contribution in [2.45, 2.75) is 6.10 Å². The lowest BCUT2D eigenvalue weighted by Crippen LogP contribution is -2.40. The summed E-state index contributed by atoms with van der Waals surface area (Å²) < 4.78 is 26.3. The van der Waals surface area contributed by atoms with Gasteiger partial charge in [0, 0.05) is 43.7 Å².